The highest BCUT2D eigenvalue weighted by atomic mass is 32.2. The van der Waals surface area contributed by atoms with E-state index in [-0.39, 0.29) is 23.7 Å². The topological polar surface area (TPSA) is 63.6 Å². The van der Waals surface area contributed by atoms with Crippen LogP contribution < -0.4 is 10.2 Å². The molecule has 0 aliphatic carbocycles. The number of thioether (sulfide) groups is 1. The normalized spacial score (nSPS) is 16.1. The van der Waals surface area contributed by atoms with Gasteiger partial charge < -0.3 is 14.6 Å². The maximum absolute atomic E-state index is 13.8. The van der Waals surface area contributed by atoms with Crippen molar-refractivity contribution in [2.45, 2.75) is 51.3 Å². The van der Waals surface area contributed by atoms with Crippen molar-refractivity contribution in [2.24, 2.45) is 7.05 Å². The average molecular weight is 480 g/mol. The molecule has 6 nitrogen and oxygen atoms in total. The smallest absolute Gasteiger partial charge is 0.247 e. The second-order valence-corrected chi connectivity index (χ2v) is 10.0. The van der Waals surface area contributed by atoms with Crippen LogP contribution in [0, 0.1) is 13.8 Å². The van der Waals surface area contributed by atoms with Gasteiger partial charge in [-0.1, -0.05) is 36.0 Å². The van der Waals surface area contributed by atoms with Gasteiger partial charge in [-0.2, -0.15) is 0 Å². The van der Waals surface area contributed by atoms with E-state index in [2.05, 4.69) is 16.0 Å². The lowest BCUT2D eigenvalue weighted by atomic mass is 10.0. The molecule has 1 aliphatic rings. The van der Waals surface area contributed by atoms with Crippen molar-refractivity contribution < 1.29 is 14.3 Å². The van der Waals surface area contributed by atoms with Crippen LogP contribution in [0.4, 0.5) is 5.69 Å². The first-order valence-corrected chi connectivity index (χ1v) is 12.8. The van der Waals surface area contributed by atoms with Crippen molar-refractivity contribution in [3.63, 3.8) is 0 Å². The molecule has 4 rings (SSSR count). The molecule has 1 aromatic heterocycles. The Balaban J connectivity index is 1.78. The number of anilines is 1. The molecule has 2 heterocycles. The van der Waals surface area contributed by atoms with Crippen LogP contribution in [-0.2, 0) is 21.4 Å². The first-order valence-electron chi connectivity index (χ1n) is 11.8. The quantitative estimate of drug-likeness (QED) is 0.489. The predicted octanol–water partition coefficient (Wildman–Crippen LogP) is 4.91. The standard InChI is InChI=1S/C27H33N3O3S/c1-17(2)33-14-8-13-28-26(32)25-24-21-9-6-7-10-22(21)29(5)27(24)34-16-23(31)30(25)20-12-11-18(3)19(4)15-20/h6-7,9-12,15,17,25H,8,13-14,16H2,1-5H3,(H,28,32). The van der Waals surface area contributed by atoms with Gasteiger partial charge in [0, 0.05) is 42.4 Å². The highest BCUT2D eigenvalue weighted by Gasteiger charge is 2.39. The maximum atomic E-state index is 13.8. The highest BCUT2D eigenvalue weighted by molar-refractivity contribution is 8.00. The fourth-order valence-corrected chi connectivity index (χ4v) is 5.50. The number of carbonyl (C=O) groups is 2. The number of ether oxygens (including phenoxy) is 1. The van der Waals surface area contributed by atoms with Crippen LogP contribution in [0.15, 0.2) is 47.5 Å². The lowest BCUT2D eigenvalue weighted by Gasteiger charge is -2.30. The number of nitrogens with zero attached hydrogens (tertiary/aromatic N) is 2. The Kier molecular flexibility index (Phi) is 7.33. The van der Waals surface area contributed by atoms with Crippen LogP contribution >= 0.6 is 11.8 Å². The van der Waals surface area contributed by atoms with Crippen LogP contribution in [-0.4, -0.2) is 41.4 Å². The monoisotopic (exact) mass is 479 g/mol. The number of amides is 2. The second kappa shape index (κ2) is 10.2. The number of nitrogens with one attached hydrogen (secondary N) is 1. The summed E-state index contributed by atoms with van der Waals surface area (Å²) >= 11 is 1.50. The zero-order valence-corrected chi connectivity index (χ0v) is 21.4. The molecule has 0 radical (unpaired) electrons. The first-order chi connectivity index (χ1) is 16.3. The molecule has 0 saturated carbocycles. The molecule has 7 heteroatoms. The summed E-state index contributed by atoms with van der Waals surface area (Å²) in [6, 6.07) is 13.3. The fraction of sp³-hybridized carbons (Fsp3) is 0.407. The van der Waals surface area contributed by atoms with E-state index in [1.54, 1.807) is 4.90 Å². The Bertz CT molecular complexity index is 1220. The predicted molar refractivity (Wildman–Crippen MR) is 139 cm³/mol. The van der Waals surface area contributed by atoms with Crippen molar-refractivity contribution in [3.8, 4) is 0 Å². The Morgan fingerprint density at radius 3 is 2.68 bits per heavy atom. The van der Waals surface area contributed by atoms with Crippen molar-refractivity contribution in [1.29, 1.82) is 0 Å². The zero-order chi connectivity index (χ0) is 24.4. The van der Waals surface area contributed by atoms with E-state index in [4.69, 9.17) is 4.74 Å². The Morgan fingerprint density at radius 1 is 1.18 bits per heavy atom. The van der Waals surface area contributed by atoms with Gasteiger partial charge in [-0.25, -0.2) is 0 Å². The number of benzene rings is 2. The third kappa shape index (κ3) is 4.72. The fourth-order valence-electron chi connectivity index (χ4n) is 4.43. The molecule has 1 atom stereocenters. The summed E-state index contributed by atoms with van der Waals surface area (Å²) in [4.78, 5) is 29.0. The zero-order valence-electron chi connectivity index (χ0n) is 20.6. The minimum Gasteiger partial charge on any atom is -0.379 e. The number of aromatic nitrogens is 1. The van der Waals surface area contributed by atoms with Gasteiger partial charge in [0.25, 0.3) is 0 Å². The number of aryl methyl sites for hydroxylation is 3. The van der Waals surface area contributed by atoms with Gasteiger partial charge in [0.15, 0.2) is 0 Å². The molecule has 180 valence electrons. The molecule has 2 amide bonds. The van der Waals surface area contributed by atoms with Crippen LogP contribution in [0.1, 0.15) is 43.0 Å². The molecule has 1 aliphatic heterocycles. The number of carbonyl (C=O) groups excluding carboxylic acids is 2. The molecule has 0 saturated heterocycles. The molecular weight excluding hydrogens is 446 g/mol. The van der Waals surface area contributed by atoms with Gasteiger partial charge in [0.1, 0.15) is 6.04 Å². The highest BCUT2D eigenvalue weighted by Crippen LogP contribution is 2.43. The van der Waals surface area contributed by atoms with Gasteiger partial charge in [0.05, 0.1) is 16.9 Å². The molecule has 1 unspecified atom stereocenters. The second-order valence-electron chi connectivity index (χ2n) is 9.08. The van der Waals surface area contributed by atoms with E-state index >= 15 is 0 Å². The lowest BCUT2D eigenvalue weighted by molar-refractivity contribution is -0.125. The molecule has 0 fully saturated rings. The van der Waals surface area contributed by atoms with E-state index in [9.17, 15) is 9.59 Å². The average Bonchev–Trinajstić information content (AvgIpc) is 2.98. The molecule has 0 bridgehead atoms. The number of hydrogen-bond acceptors (Lipinski definition) is 4. The lowest BCUT2D eigenvalue weighted by Crippen LogP contribution is -2.44. The SMILES string of the molecule is Cc1ccc(N2C(=O)CSc3c(c4ccccc4n3C)C2C(=O)NCCCOC(C)C)cc1C. The van der Waals surface area contributed by atoms with Crippen LogP contribution in [0.2, 0.25) is 0 Å². The summed E-state index contributed by atoms with van der Waals surface area (Å²) in [6.07, 6.45) is 0.872. The summed E-state index contributed by atoms with van der Waals surface area (Å²) in [5.41, 5.74) is 4.93. The van der Waals surface area contributed by atoms with Crippen LogP contribution in [0.25, 0.3) is 10.9 Å². The minimum atomic E-state index is -0.753. The van der Waals surface area contributed by atoms with Crippen molar-refractivity contribution in [2.75, 3.05) is 23.8 Å². The number of hydrogen-bond donors (Lipinski definition) is 1. The summed E-state index contributed by atoms with van der Waals surface area (Å²) in [5, 5.41) is 5.05. The summed E-state index contributed by atoms with van der Waals surface area (Å²) < 4.78 is 7.72. The molecule has 1 N–H and O–H groups in total. The number of rotatable bonds is 7. The third-order valence-corrected chi connectivity index (χ3v) is 7.47. The van der Waals surface area contributed by atoms with Crippen molar-refractivity contribution in [1.82, 2.24) is 9.88 Å². The largest absolute Gasteiger partial charge is 0.379 e. The summed E-state index contributed by atoms with van der Waals surface area (Å²) in [7, 11) is 2.00. The minimum absolute atomic E-state index is 0.0724. The van der Waals surface area contributed by atoms with Crippen molar-refractivity contribution >= 4 is 40.2 Å². The van der Waals surface area contributed by atoms with Gasteiger partial charge in [0.2, 0.25) is 11.8 Å². The molecular formula is C27H33N3O3S. The molecule has 34 heavy (non-hydrogen) atoms. The third-order valence-electron chi connectivity index (χ3n) is 6.31. The summed E-state index contributed by atoms with van der Waals surface area (Å²) in [5.74, 6) is 0.0314. The van der Waals surface area contributed by atoms with Gasteiger partial charge in [-0.15, -0.1) is 0 Å². The van der Waals surface area contributed by atoms with E-state index in [0.29, 0.717) is 19.6 Å². The Hall–Kier alpha value is -2.77. The van der Waals surface area contributed by atoms with Crippen LogP contribution in [0.5, 0.6) is 0 Å². The van der Waals surface area contributed by atoms with E-state index in [0.717, 1.165) is 38.3 Å². The van der Waals surface area contributed by atoms with Crippen LogP contribution in [0.3, 0.4) is 0 Å². The van der Waals surface area contributed by atoms with Crippen molar-refractivity contribution in [3.05, 3.63) is 59.2 Å². The maximum Gasteiger partial charge on any atom is 0.247 e. The Morgan fingerprint density at radius 2 is 1.94 bits per heavy atom. The Labute approximate surface area is 205 Å². The van der Waals surface area contributed by atoms with Gasteiger partial charge >= 0.3 is 0 Å². The van der Waals surface area contributed by atoms with Gasteiger partial charge in [-0.05, 0) is 63.4 Å². The van der Waals surface area contributed by atoms with Gasteiger partial charge in [-0.3, -0.25) is 14.5 Å². The summed E-state index contributed by atoms with van der Waals surface area (Å²) in [6.45, 7) is 9.14. The van der Waals surface area contributed by atoms with E-state index in [1.165, 1.54) is 11.8 Å². The molecule has 2 aromatic carbocycles. The number of fused-ring (bicyclic) bond motifs is 3. The first kappa shape index (κ1) is 24.4. The van der Waals surface area contributed by atoms with E-state index in [1.807, 2.05) is 71.1 Å². The molecule has 0 spiro atoms. The van der Waals surface area contributed by atoms with E-state index < -0.39 is 6.04 Å². The number of para-hydroxylation sites is 1. The molecule has 3 aromatic rings.